The summed E-state index contributed by atoms with van der Waals surface area (Å²) in [4.78, 5) is 12.3. The van der Waals surface area contributed by atoms with Crippen LogP contribution in [0.3, 0.4) is 0 Å². The summed E-state index contributed by atoms with van der Waals surface area (Å²) in [6.45, 7) is 1.89. The van der Waals surface area contributed by atoms with E-state index in [-0.39, 0.29) is 11.8 Å². The Hall–Kier alpha value is -2.88. The number of nitrogens with one attached hydrogen (secondary N) is 1. The van der Waals surface area contributed by atoms with Crippen LogP contribution in [-0.2, 0) is 4.79 Å². The molecule has 0 fully saturated rings. The summed E-state index contributed by atoms with van der Waals surface area (Å²) in [5.74, 6) is 0.268. The first kappa shape index (κ1) is 14.1. The van der Waals surface area contributed by atoms with Crippen LogP contribution >= 0.6 is 0 Å². The van der Waals surface area contributed by atoms with Crippen LogP contribution < -0.4 is 5.32 Å². The molecule has 0 radical (unpaired) electrons. The molecule has 2 aromatic carbocycles. The molecule has 110 valence electrons. The van der Waals surface area contributed by atoms with Crippen molar-refractivity contribution >= 4 is 11.7 Å². The molecule has 1 heterocycles. The number of aromatic nitrogens is 2. The average Bonchev–Trinajstić information content (AvgIpc) is 3.04. The van der Waals surface area contributed by atoms with Gasteiger partial charge in [0, 0.05) is 12.3 Å². The lowest BCUT2D eigenvalue weighted by Gasteiger charge is -2.10. The summed E-state index contributed by atoms with van der Waals surface area (Å²) >= 11 is 0. The van der Waals surface area contributed by atoms with Gasteiger partial charge in [0.2, 0.25) is 5.91 Å². The Balaban J connectivity index is 1.71. The summed E-state index contributed by atoms with van der Waals surface area (Å²) in [7, 11) is 0. The van der Waals surface area contributed by atoms with Gasteiger partial charge in [0.05, 0.1) is 11.6 Å². The van der Waals surface area contributed by atoms with E-state index >= 15 is 0 Å². The summed E-state index contributed by atoms with van der Waals surface area (Å²) in [6, 6.07) is 21.3. The highest BCUT2D eigenvalue weighted by Gasteiger charge is 2.15. The molecule has 3 rings (SSSR count). The first-order valence-corrected chi connectivity index (χ1v) is 7.21. The van der Waals surface area contributed by atoms with Gasteiger partial charge in [0.25, 0.3) is 0 Å². The first-order valence-electron chi connectivity index (χ1n) is 7.21. The third kappa shape index (κ3) is 3.06. The Morgan fingerprint density at radius 2 is 1.64 bits per heavy atom. The zero-order valence-corrected chi connectivity index (χ0v) is 12.3. The van der Waals surface area contributed by atoms with Crippen molar-refractivity contribution in [1.29, 1.82) is 0 Å². The number of nitrogens with zero attached hydrogens (tertiary/aromatic N) is 2. The number of rotatable bonds is 4. The van der Waals surface area contributed by atoms with E-state index in [0.29, 0.717) is 5.82 Å². The number of benzene rings is 2. The molecule has 3 aromatic rings. The minimum atomic E-state index is -0.219. The van der Waals surface area contributed by atoms with E-state index in [1.807, 2.05) is 73.8 Å². The molecule has 1 aromatic heterocycles. The van der Waals surface area contributed by atoms with Gasteiger partial charge in [-0.15, -0.1) is 0 Å². The highest BCUT2D eigenvalue weighted by molar-refractivity contribution is 5.94. The zero-order chi connectivity index (χ0) is 15.4. The molecular formula is C18H17N3O. The van der Waals surface area contributed by atoms with Gasteiger partial charge in [-0.05, 0) is 24.6 Å². The predicted octanol–water partition coefficient (Wildman–Crippen LogP) is 3.61. The van der Waals surface area contributed by atoms with Gasteiger partial charge in [-0.1, -0.05) is 48.5 Å². The van der Waals surface area contributed by atoms with Crippen molar-refractivity contribution in [2.75, 3.05) is 5.32 Å². The van der Waals surface area contributed by atoms with E-state index < -0.39 is 0 Å². The van der Waals surface area contributed by atoms with Crippen molar-refractivity contribution in [3.05, 3.63) is 78.5 Å². The highest BCUT2D eigenvalue weighted by atomic mass is 16.1. The molecule has 0 saturated carbocycles. The van der Waals surface area contributed by atoms with Gasteiger partial charge in [-0.3, -0.25) is 4.79 Å². The second kappa shape index (κ2) is 6.26. The van der Waals surface area contributed by atoms with Crippen molar-refractivity contribution in [3.8, 4) is 5.69 Å². The number of amides is 1. The van der Waals surface area contributed by atoms with Gasteiger partial charge in [0.1, 0.15) is 0 Å². The molecule has 22 heavy (non-hydrogen) atoms. The largest absolute Gasteiger partial charge is 0.309 e. The molecule has 0 aliphatic heterocycles. The van der Waals surface area contributed by atoms with Crippen molar-refractivity contribution < 1.29 is 4.79 Å². The Bertz CT molecular complexity index is 750. The summed E-state index contributed by atoms with van der Waals surface area (Å²) in [5.41, 5.74) is 1.95. The summed E-state index contributed by atoms with van der Waals surface area (Å²) < 4.78 is 1.74. The highest BCUT2D eigenvalue weighted by Crippen LogP contribution is 2.17. The minimum absolute atomic E-state index is 0.0653. The van der Waals surface area contributed by atoms with Crippen molar-refractivity contribution in [2.45, 2.75) is 12.8 Å². The van der Waals surface area contributed by atoms with Gasteiger partial charge in [0.15, 0.2) is 5.82 Å². The maximum Gasteiger partial charge on any atom is 0.232 e. The predicted molar refractivity (Wildman–Crippen MR) is 87.1 cm³/mol. The van der Waals surface area contributed by atoms with E-state index in [1.165, 1.54) is 0 Å². The normalized spacial score (nSPS) is 11.9. The van der Waals surface area contributed by atoms with Crippen LogP contribution in [0.25, 0.3) is 5.69 Å². The van der Waals surface area contributed by atoms with Crippen LogP contribution in [0.4, 0.5) is 5.82 Å². The lowest BCUT2D eigenvalue weighted by molar-refractivity contribution is -0.117. The van der Waals surface area contributed by atoms with Gasteiger partial charge >= 0.3 is 0 Å². The fourth-order valence-corrected chi connectivity index (χ4v) is 2.24. The quantitative estimate of drug-likeness (QED) is 0.798. The van der Waals surface area contributed by atoms with Crippen LogP contribution in [0.2, 0.25) is 0 Å². The SMILES string of the molecule is C[C@@H](C(=O)Nc1ccn(-c2ccccc2)n1)c1ccccc1. The minimum Gasteiger partial charge on any atom is -0.309 e. The standard InChI is InChI=1S/C18H17N3O/c1-14(15-8-4-2-5-9-15)18(22)19-17-12-13-21(20-17)16-10-6-3-7-11-16/h2-14H,1H3,(H,19,20,22)/t14-/m1/s1. The summed E-state index contributed by atoms with van der Waals surface area (Å²) in [6.07, 6.45) is 1.83. The van der Waals surface area contributed by atoms with Gasteiger partial charge in [-0.2, -0.15) is 5.10 Å². The smallest absolute Gasteiger partial charge is 0.232 e. The van der Waals surface area contributed by atoms with Crippen molar-refractivity contribution in [3.63, 3.8) is 0 Å². The van der Waals surface area contributed by atoms with Gasteiger partial charge in [-0.25, -0.2) is 4.68 Å². The third-order valence-electron chi connectivity index (χ3n) is 3.55. The molecule has 1 N–H and O–H groups in total. The number of hydrogen-bond donors (Lipinski definition) is 1. The maximum atomic E-state index is 12.3. The third-order valence-corrected chi connectivity index (χ3v) is 3.55. The molecule has 0 bridgehead atoms. The maximum absolute atomic E-state index is 12.3. The number of anilines is 1. The van der Waals surface area contributed by atoms with Crippen LogP contribution in [0.15, 0.2) is 72.9 Å². The zero-order valence-electron chi connectivity index (χ0n) is 12.3. The molecule has 4 nitrogen and oxygen atoms in total. The number of para-hydroxylation sites is 1. The van der Waals surface area contributed by atoms with Gasteiger partial charge < -0.3 is 5.32 Å². The Labute approximate surface area is 129 Å². The van der Waals surface area contributed by atoms with E-state index in [4.69, 9.17) is 0 Å². The second-order valence-corrected chi connectivity index (χ2v) is 5.10. The van der Waals surface area contributed by atoms with Crippen molar-refractivity contribution in [2.24, 2.45) is 0 Å². The molecule has 1 atom stereocenters. The Kier molecular flexibility index (Phi) is 4.01. The second-order valence-electron chi connectivity index (χ2n) is 5.10. The topological polar surface area (TPSA) is 46.9 Å². The molecule has 0 saturated heterocycles. The number of carbonyl (C=O) groups is 1. The van der Waals surface area contributed by atoms with Crippen LogP contribution in [0.1, 0.15) is 18.4 Å². The average molecular weight is 291 g/mol. The molecule has 4 heteroatoms. The van der Waals surface area contributed by atoms with Crippen LogP contribution in [0.5, 0.6) is 0 Å². The van der Waals surface area contributed by atoms with E-state index in [2.05, 4.69) is 10.4 Å². The molecular weight excluding hydrogens is 274 g/mol. The fraction of sp³-hybridized carbons (Fsp3) is 0.111. The first-order chi connectivity index (χ1) is 10.7. The lowest BCUT2D eigenvalue weighted by Crippen LogP contribution is -2.19. The lowest BCUT2D eigenvalue weighted by atomic mass is 10.0. The fourth-order valence-electron chi connectivity index (χ4n) is 2.24. The monoisotopic (exact) mass is 291 g/mol. The van der Waals surface area contributed by atoms with Crippen LogP contribution in [0, 0.1) is 0 Å². The van der Waals surface area contributed by atoms with E-state index in [9.17, 15) is 4.79 Å². The molecule has 0 aliphatic carbocycles. The molecule has 1 amide bonds. The van der Waals surface area contributed by atoms with Crippen LogP contribution in [-0.4, -0.2) is 15.7 Å². The molecule has 0 unspecified atom stereocenters. The number of hydrogen-bond acceptors (Lipinski definition) is 2. The Morgan fingerprint density at radius 1 is 1.00 bits per heavy atom. The van der Waals surface area contributed by atoms with E-state index in [1.54, 1.807) is 10.7 Å². The summed E-state index contributed by atoms with van der Waals surface area (Å²) in [5, 5.41) is 7.24. The molecule has 0 aliphatic rings. The number of carbonyl (C=O) groups excluding carboxylic acids is 1. The Morgan fingerprint density at radius 3 is 2.32 bits per heavy atom. The van der Waals surface area contributed by atoms with Crippen molar-refractivity contribution in [1.82, 2.24) is 9.78 Å². The molecule has 0 spiro atoms. The van der Waals surface area contributed by atoms with E-state index in [0.717, 1.165) is 11.3 Å².